The minimum atomic E-state index is 0.125. The van der Waals surface area contributed by atoms with E-state index in [0.717, 1.165) is 38.3 Å². The van der Waals surface area contributed by atoms with E-state index in [2.05, 4.69) is 34.5 Å². The van der Waals surface area contributed by atoms with Crippen molar-refractivity contribution in [3.05, 3.63) is 29.8 Å². The van der Waals surface area contributed by atoms with Gasteiger partial charge in [0.25, 0.3) is 0 Å². The molecule has 0 unspecified atom stereocenters. The van der Waals surface area contributed by atoms with E-state index in [4.69, 9.17) is 4.74 Å². The number of benzene rings is 1. The Kier molecular flexibility index (Phi) is 5.21. The van der Waals surface area contributed by atoms with E-state index in [0.29, 0.717) is 13.0 Å². The lowest BCUT2D eigenvalue weighted by Crippen LogP contribution is -2.36. The van der Waals surface area contributed by atoms with Crippen LogP contribution in [0.3, 0.4) is 0 Å². The summed E-state index contributed by atoms with van der Waals surface area (Å²) in [5, 5.41) is 2.93. The highest BCUT2D eigenvalue weighted by Gasteiger charge is 2.10. The van der Waals surface area contributed by atoms with Crippen molar-refractivity contribution in [2.75, 3.05) is 31.2 Å². The van der Waals surface area contributed by atoms with E-state index >= 15 is 0 Å². The first-order valence-corrected chi connectivity index (χ1v) is 6.98. The molecule has 1 saturated heterocycles. The molecule has 1 aliphatic heterocycles. The second-order valence-corrected chi connectivity index (χ2v) is 4.79. The first-order valence-electron chi connectivity index (χ1n) is 6.98. The Morgan fingerprint density at radius 3 is 2.58 bits per heavy atom. The maximum atomic E-state index is 11.4. The molecule has 0 radical (unpaired) electrons. The van der Waals surface area contributed by atoms with Gasteiger partial charge in [0.15, 0.2) is 0 Å². The lowest BCUT2D eigenvalue weighted by Gasteiger charge is -2.28. The topological polar surface area (TPSA) is 41.6 Å². The molecule has 1 aliphatic rings. The fourth-order valence-electron chi connectivity index (χ4n) is 2.16. The molecule has 1 aromatic carbocycles. The summed E-state index contributed by atoms with van der Waals surface area (Å²) >= 11 is 0. The molecule has 0 aromatic heterocycles. The zero-order valence-corrected chi connectivity index (χ0v) is 11.5. The Labute approximate surface area is 114 Å². The summed E-state index contributed by atoms with van der Waals surface area (Å²) < 4.78 is 5.34. The summed E-state index contributed by atoms with van der Waals surface area (Å²) in [5.41, 5.74) is 2.37. The smallest absolute Gasteiger partial charge is 0.220 e. The minimum Gasteiger partial charge on any atom is -0.378 e. The summed E-state index contributed by atoms with van der Waals surface area (Å²) in [4.78, 5) is 13.7. The molecule has 4 nitrogen and oxygen atoms in total. The fraction of sp³-hybridized carbons (Fsp3) is 0.533. The number of carbonyl (C=O) groups is 1. The molecule has 104 valence electrons. The van der Waals surface area contributed by atoms with Crippen LogP contribution in [0, 0.1) is 0 Å². The van der Waals surface area contributed by atoms with Gasteiger partial charge in [0.05, 0.1) is 13.2 Å². The lowest BCUT2D eigenvalue weighted by molar-refractivity contribution is -0.121. The third-order valence-corrected chi connectivity index (χ3v) is 3.28. The zero-order chi connectivity index (χ0) is 13.5. The maximum absolute atomic E-state index is 11.4. The molecule has 1 aromatic rings. The molecule has 19 heavy (non-hydrogen) atoms. The van der Waals surface area contributed by atoms with Crippen LogP contribution >= 0.6 is 0 Å². The predicted molar refractivity (Wildman–Crippen MR) is 76.2 cm³/mol. The molecular weight excluding hydrogens is 240 g/mol. The molecule has 0 aliphatic carbocycles. The summed E-state index contributed by atoms with van der Waals surface area (Å²) in [6.45, 7) is 6.13. The van der Waals surface area contributed by atoms with Crippen LogP contribution in [0.5, 0.6) is 0 Å². The predicted octanol–water partition coefficient (Wildman–Crippen LogP) is 1.94. The average molecular weight is 262 g/mol. The fourth-order valence-corrected chi connectivity index (χ4v) is 2.16. The monoisotopic (exact) mass is 262 g/mol. The number of hydrogen-bond acceptors (Lipinski definition) is 3. The lowest BCUT2D eigenvalue weighted by atomic mass is 10.2. The van der Waals surface area contributed by atoms with Crippen molar-refractivity contribution in [1.82, 2.24) is 5.32 Å². The number of morpholine rings is 1. The number of ether oxygens (including phenoxy) is 1. The Hall–Kier alpha value is -1.55. The summed E-state index contributed by atoms with van der Waals surface area (Å²) in [5.74, 6) is 0.125. The van der Waals surface area contributed by atoms with Gasteiger partial charge in [-0.3, -0.25) is 4.79 Å². The largest absolute Gasteiger partial charge is 0.378 e. The molecule has 1 amide bonds. The number of hydrogen-bond donors (Lipinski definition) is 1. The number of amides is 1. The van der Waals surface area contributed by atoms with Gasteiger partial charge in [0.2, 0.25) is 5.91 Å². The highest BCUT2D eigenvalue weighted by atomic mass is 16.5. The molecule has 0 atom stereocenters. The van der Waals surface area contributed by atoms with Gasteiger partial charge < -0.3 is 15.0 Å². The second-order valence-electron chi connectivity index (χ2n) is 4.79. The third kappa shape index (κ3) is 4.24. The van der Waals surface area contributed by atoms with Crippen LogP contribution in [-0.4, -0.2) is 32.2 Å². The Bertz CT molecular complexity index is 397. The molecule has 0 spiro atoms. The minimum absolute atomic E-state index is 0.125. The van der Waals surface area contributed by atoms with Gasteiger partial charge in [0, 0.05) is 31.7 Å². The molecular formula is C15H22N2O2. The standard InChI is InChI=1S/C15H22N2O2/c1-2-3-15(18)16-12-13-4-6-14(7-5-13)17-8-10-19-11-9-17/h4-7H,2-3,8-12H2,1H3,(H,16,18). The molecule has 0 saturated carbocycles. The SMILES string of the molecule is CCCC(=O)NCc1ccc(N2CCOCC2)cc1. The van der Waals surface area contributed by atoms with Gasteiger partial charge in [0.1, 0.15) is 0 Å². The third-order valence-electron chi connectivity index (χ3n) is 3.28. The van der Waals surface area contributed by atoms with E-state index in [-0.39, 0.29) is 5.91 Å². The number of nitrogens with one attached hydrogen (secondary N) is 1. The first-order chi connectivity index (χ1) is 9.29. The van der Waals surface area contributed by atoms with Crippen LogP contribution in [0.25, 0.3) is 0 Å². The van der Waals surface area contributed by atoms with E-state index in [9.17, 15) is 4.79 Å². The highest BCUT2D eigenvalue weighted by Crippen LogP contribution is 2.16. The number of nitrogens with zero attached hydrogens (tertiary/aromatic N) is 1. The van der Waals surface area contributed by atoms with E-state index in [1.165, 1.54) is 5.69 Å². The molecule has 1 heterocycles. The van der Waals surface area contributed by atoms with Gasteiger partial charge in [-0.1, -0.05) is 19.1 Å². The number of rotatable bonds is 5. The molecule has 1 N–H and O–H groups in total. The highest BCUT2D eigenvalue weighted by molar-refractivity contribution is 5.75. The van der Waals surface area contributed by atoms with Crippen molar-refractivity contribution in [2.24, 2.45) is 0 Å². The molecule has 1 fully saturated rings. The summed E-state index contributed by atoms with van der Waals surface area (Å²) in [6, 6.07) is 8.40. The van der Waals surface area contributed by atoms with Crippen molar-refractivity contribution >= 4 is 11.6 Å². The first kappa shape index (κ1) is 13.9. The molecule has 0 bridgehead atoms. The van der Waals surface area contributed by atoms with Crippen LogP contribution in [0.2, 0.25) is 0 Å². The van der Waals surface area contributed by atoms with Crippen molar-refractivity contribution in [3.8, 4) is 0 Å². The Morgan fingerprint density at radius 2 is 1.95 bits per heavy atom. The van der Waals surface area contributed by atoms with Gasteiger partial charge in [-0.25, -0.2) is 0 Å². The summed E-state index contributed by atoms with van der Waals surface area (Å²) in [7, 11) is 0. The zero-order valence-electron chi connectivity index (χ0n) is 11.5. The maximum Gasteiger partial charge on any atom is 0.220 e. The van der Waals surface area contributed by atoms with Crippen LogP contribution in [-0.2, 0) is 16.1 Å². The average Bonchev–Trinajstić information content (AvgIpc) is 2.47. The van der Waals surface area contributed by atoms with E-state index in [1.807, 2.05) is 6.92 Å². The normalized spacial score (nSPS) is 15.3. The number of carbonyl (C=O) groups excluding carboxylic acids is 1. The van der Waals surface area contributed by atoms with Crippen LogP contribution in [0.1, 0.15) is 25.3 Å². The van der Waals surface area contributed by atoms with Crippen molar-refractivity contribution in [1.29, 1.82) is 0 Å². The van der Waals surface area contributed by atoms with Crippen molar-refractivity contribution < 1.29 is 9.53 Å². The van der Waals surface area contributed by atoms with Gasteiger partial charge in [-0.15, -0.1) is 0 Å². The Balaban J connectivity index is 1.85. The van der Waals surface area contributed by atoms with Crippen LogP contribution in [0.4, 0.5) is 5.69 Å². The van der Waals surface area contributed by atoms with Crippen molar-refractivity contribution in [2.45, 2.75) is 26.3 Å². The van der Waals surface area contributed by atoms with E-state index < -0.39 is 0 Å². The Morgan fingerprint density at radius 1 is 1.26 bits per heavy atom. The van der Waals surface area contributed by atoms with Crippen LogP contribution < -0.4 is 10.2 Å². The number of anilines is 1. The van der Waals surface area contributed by atoms with Gasteiger partial charge in [-0.05, 0) is 24.1 Å². The van der Waals surface area contributed by atoms with Gasteiger partial charge in [-0.2, -0.15) is 0 Å². The van der Waals surface area contributed by atoms with Crippen molar-refractivity contribution in [3.63, 3.8) is 0 Å². The quantitative estimate of drug-likeness (QED) is 0.881. The van der Waals surface area contributed by atoms with E-state index in [1.54, 1.807) is 0 Å². The molecule has 4 heteroatoms. The summed E-state index contributed by atoms with van der Waals surface area (Å²) in [6.07, 6.45) is 1.49. The van der Waals surface area contributed by atoms with Gasteiger partial charge >= 0.3 is 0 Å². The second kappa shape index (κ2) is 7.14. The van der Waals surface area contributed by atoms with Crippen LogP contribution in [0.15, 0.2) is 24.3 Å². The molecule has 2 rings (SSSR count).